The lowest BCUT2D eigenvalue weighted by Gasteiger charge is -2.19. The number of halogens is 1. The molecule has 0 aromatic heterocycles. The molecule has 0 amide bonds. The molecule has 0 atom stereocenters. The molecule has 8 heavy (non-hydrogen) atoms. The van der Waals surface area contributed by atoms with Crippen LogP contribution in [0.4, 0.5) is 0 Å². The molecule has 0 rings (SSSR count). The van der Waals surface area contributed by atoms with E-state index in [1.165, 1.54) is 0 Å². The molecule has 0 saturated carbocycles. The Bertz CT molecular complexity index is 96.7. The average Bonchev–Trinajstić information content (AvgIpc) is 1.67. The standard InChI is InChI=1S/C6H13ClSi/c1-5-6(2,3)8(4)7/h4-5H2,1-3H3. The second-order valence-corrected chi connectivity index (χ2v) is 6.17. The monoisotopic (exact) mass is 148 g/mol. The molecule has 0 heterocycles. The molecule has 0 saturated heterocycles. The molecule has 0 N–H and O–H groups in total. The van der Waals surface area contributed by atoms with Gasteiger partial charge >= 0.3 is 0 Å². The maximum absolute atomic E-state index is 5.86. The Balaban J connectivity index is 3.91. The van der Waals surface area contributed by atoms with Crippen LogP contribution in [-0.4, -0.2) is 13.9 Å². The van der Waals surface area contributed by atoms with Gasteiger partial charge in [-0.2, -0.15) is 0 Å². The number of hydrogen-bond donors (Lipinski definition) is 0. The first-order valence-corrected chi connectivity index (χ1v) is 5.57. The van der Waals surface area contributed by atoms with Gasteiger partial charge in [-0.1, -0.05) is 20.8 Å². The van der Waals surface area contributed by atoms with Gasteiger partial charge in [-0.05, 0) is 11.5 Å². The molecule has 0 aromatic rings. The van der Waals surface area contributed by atoms with Crippen molar-refractivity contribution in [2.45, 2.75) is 32.2 Å². The van der Waals surface area contributed by atoms with Crippen molar-refractivity contribution in [1.82, 2.24) is 0 Å². The highest BCUT2D eigenvalue weighted by Gasteiger charge is 2.17. The fourth-order valence-electron chi connectivity index (χ4n) is 0.192. The summed E-state index contributed by atoms with van der Waals surface area (Å²) in [6.07, 6.45) is 4.98. The second-order valence-electron chi connectivity index (χ2n) is 2.64. The van der Waals surface area contributed by atoms with Crippen molar-refractivity contribution in [3.63, 3.8) is 0 Å². The molecule has 48 valence electrons. The van der Waals surface area contributed by atoms with Crippen LogP contribution in [0.1, 0.15) is 27.2 Å². The molecular formula is C6H13ClSi. The summed E-state index contributed by atoms with van der Waals surface area (Å²) in [5.74, 6) is 0. The minimum atomic E-state index is -0.840. The van der Waals surface area contributed by atoms with Crippen LogP contribution >= 0.6 is 11.1 Å². The van der Waals surface area contributed by atoms with E-state index in [0.717, 1.165) is 6.42 Å². The van der Waals surface area contributed by atoms with Crippen LogP contribution in [-0.2, 0) is 0 Å². The number of rotatable bonds is 2. The Morgan fingerprint density at radius 2 is 2.00 bits per heavy atom. The second kappa shape index (κ2) is 2.79. The largest absolute Gasteiger partial charge is 0.139 e. The van der Waals surface area contributed by atoms with Crippen molar-refractivity contribution in [3.05, 3.63) is 0 Å². The van der Waals surface area contributed by atoms with Gasteiger partial charge < -0.3 is 0 Å². The minimum absolute atomic E-state index is 0.298. The highest BCUT2D eigenvalue weighted by molar-refractivity contribution is 7.08. The highest BCUT2D eigenvalue weighted by Crippen LogP contribution is 2.29. The molecule has 0 bridgehead atoms. The van der Waals surface area contributed by atoms with Gasteiger partial charge in [0.15, 0.2) is 0 Å². The maximum Gasteiger partial charge on any atom is 0.123 e. The molecule has 0 spiro atoms. The zero-order valence-electron chi connectivity index (χ0n) is 5.79. The van der Waals surface area contributed by atoms with Gasteiger partial charge in [0.05, 0.1) is 0 Å². The molecular weight excluding hydrogens is 136 g/mol. The molecule has 0 nitrogen and oxygen atoms in total. The van der Waals surface area contributed by atoms with E-state index >= 15 is 0 Å². The predicted octanol–water partition coefficient (Wildman–Crippen LogP) is 2.42. The lowest BCUT2D eigenvalue weighted by molar-refractivity contribution is 0.649. The van der Waals surface area contributed by atoms with Gasteiger partial charge in [0.2, 0.25) is 0 Å². The van der Waals surface area contributed by atoms with Gasteiger partial charge in [0, 0.05) is 0 Å². The van der Waals surface area contributed by atoms with Crippen LogP contribution in [0, 0.1) is 0 Å². The first-order chi connectivity index (χ1) is 3.50. The molecule has 0 fully saturated rings. The van der Waals surface area contributed by atoms with E-state index in [4.69, 9.17) is 11.1 Å². The van der Waals surface area contributed by atoms with Gasteiger partial charge in [0.1, 0.15) is 7.72 Å². The summed E-state index contributed by atoms with van der Waals surface area (Å²) in [5, 5.41) is 0.298. The summed E-state index contributed by atoms with van der Waals surface area (Å²) in [7, 11) is -0.840. The Morgan fingerprint density at radius 3 is 2.00 bits per heavy atom. The SMILES string of the molecule is C=[Si](Cl)C(C)(C)CC. The van der Waals surface area contributed by atoms with Gasteiger partial charge in [-0.25, -0.2) is 0 Å². The fourth-order valence-corrected chi connectivity index (χ4v) is 0.976. The van der Waals surface area contributed by atoms with Crippen molar-refractivity contribution in [3.8, 4) is 0 Å². The Labute approximate surface area is 57.8 Å². The van der Waals surface area contributed by atoms with Crippen LogP contribution in [0.2, 0.25) is 5.04 Å². The summed E-state index contributed by atoms with van der Waals surface area (Å²) in [5.41, 5.74) is 0. The molecule has 0 radical (unpaired) electrons. The summed E-state index contributed by atoms with van der Waals surface area (Å²) in [6.45, 7) is 6.49. The summed E-state index contributed by atoms with van der Waals surface area (Å²) in [6, 6.07) is 0. The third-order valence-corrected chi connectivity index (χ3v) is 4.98. The van der Waals surface area contributed by atoms with Crippen molar-refractivity contribution in [2.75, 3.05) is 0 Å². The van der Waals surface area contributed by atoms with E-state index in [1.54, 1.807) is 0 Å². The van der Waals surface area contributed by atoms with Crippen LogP contribution < -0.4 is 0 Å². The summed E-state index contributed by atoms with van der Waals surface area (Å²) in [4.78, 5) is 0. The van der Waals surface area contributed by atoms with Crippen molar-refractivity contribution in [1.29, 1.82) is 0 Å². The Kier molecular flexibility index (Phi) is 2.92. The quantitative estimate of drug-likeness (QED) is 0.417. The molecule has 0 aliphatic rings. The average molecular weight is 149 g/mol. The first-order valence-electron chi connectivity index (χ1n) is 2.85. The predicted molar refractivity (Wildman–Crippen MR) is 43.1 cm³/mol. The minimum Gasteiger partial charge on any atom is -0.139 e. The Hall–Kier alpha value is 0.377. The molecule has 0 unspecified atom stereocenters. The number of hydrogen-bond acceptors (Lipinski definition) is 0. The van der Waals surface area contributed by atoms with Crippen LogP contribution in [0.5, 0.6) is 0 Å². The molecule has 0 aliphatic carbocycles. The summed E-state index contributed by atoms with van der Waals surface area (Å²) >= 11 is 5.86. The summed E-state index contributed by atoms with van der Waals surface area (Å²) < 4.78 is 0. The molecule has 2 heteroatoms. The van der Waals surface area contributed by atoms with Crippen LogP contribution in [0.3, 0.4) is 0 Å². The van der Waals surface area contributed by atoms with Gasteiger partial charge in [0.25, 0.3) is 0 Å². The van der Waals surface area contributed by atoms with E-state index in [9.17, 15) is 0 Å². The topological polar surface area (TPSA) is 0 Å². The van der Waals surface area contributed by atoms with E-state index in [2.05, 4.69) is 26.9 Å². The van der Waals surface area contributed by atoms with Crippen LogP contribution in [0.25, 0.3) is 0 Å². The molecule has 0 aromatic carbocycles. The Morgan fingerprint density at radius 1 is 1.62 bits per heavy atom. The van der Waals surface area contributed by atoms with E-state index in [1.807, 2.05) is 0 Å². The normalized spacial score (nSPS) is 11.5. The smallest absolute Gasteiger partial charge is 0.123 e. The van der Waals surface area contributed by atoms with E-state index in [0.29, 0.717) is 5.04 Å². The van der Waals surface area contributed by atoms with E-state index < -0.39 is 7.72 Å². The van der Waals surface area contributed by atoms with Crippen LogP contribution in [0.15, 0.2) is 0 Å². The van der Waals surface area contributed by atoms with Crippen molar-refractivity contribution in [2.24, 2.45) is 0 Å². The van der Waals surface area contributed by atoms with Gasteiger partial charge in [-0.15, -0.1) is 17.3 Å². The molecule has 0 aliphatic heterocycles. The lowest BCUT2D eigenvalue weighted by Crippen LogP contribution is -2.12. The zero-order chi connectivity index (χ0) is 6.78. The van der Waals surface area contributed by atoms with Crippen molar-refractivity contribution < 1.29 is 0 Å². The van der Waals surface area contributed by atoms with Gasteiger partial charge in [-0.3, -0.25) is 0 Å². The fraction of sp³-hybridized carbons (Fsp3) is 0.833. The lowest BCUT2D eigenvalue weighted by atomic mass is 10.1. The first kappa shape index (κ1) is 8.38. The van der Waals surface area contributed by atoms with E-state index in [-0.39, 0.29) is 0 Å². The van der Waals surface area contributed by atoms with Crippen molar-refractivity contribution >= 4 is 25.0 Å². The third-order valence-electron chi connectivity index (χ3n) is 1.62. The maximum atomic E-state index is 5.86. The highest BCUT2D eigenvalue weighted by atomic mass is 35.6. The third kappa shape index (κ3) is 2.10. The zero-order valence-corrected chi connectivity index (χ0v) is 7.55.